The topological polar surface area (TPSA) is 32.3 Å². The second kappa shape index (κ2) is 4.53. The third-order valence-corrected chi connectivity index (χ3v) is 4.23. The van der Waals surface area contributed by atoms with Crippen molar-refractivity contribution in [3.8, 4) is 0 Å². The minimum absolute atomic E-state index is 0.306. The molecule has 14 heavy (non-hydrogen) atoms. The first-order valence-corrected chi connectivity index (χ1v) is 6.53. The van der Waals surface area contributed by atoms with Gasteiger partial charge in [0.15, 0.2) is 0 Å². The maximum Gasteiger partial charge on any atom is 0.226 e. The van der Waals surface area contributed by atoms with E-state index in [1.165, 1.54) is 0 Å². The Morgan fingerprint density at radius 2 is 2.43 bits per heavy atom. The molecule has 80 valence electrons. The predicted molar refractivity (Wildman–Crippen MR) is 59.5 cm³/mol. The van der Waals surface area contributed by atoms with Crippen molar-refractivity contribution in [3.63, 3.8) is 0 Å². The molecule has 3 nitrogen and oxygen atoms in total. The minimum atomic E-state index is 0.306. The van der Waals surface area contributed by atoms with Gasteiger partial charge in [-0.25, -0.2) is 0 Å². The molecule has 0 aromatic heterocycles. The second-order valence-corrected chi connectivity index (χ2v) is 5.30. The van der Waals surface area contributed by atoms with Crippen molar-refractivity contribution in [2.24, 2.45) is 5.92 Å². The highest BCUT2D eigenvalue weighted by Gasteiger charge is 2.31. The number of carbonyl (C=O) groups excluding carboxylic acids is 1. The van der Waals surface area contributed by atoms with Crippen LogP contribution in [0.2, 0.25) is 0 Å². The van der Waals surface area contributed by atoms with Crippen LogP contribution in [0.5, 0.6) is 0 Å². The summed E-state index contributed by atoms with van der Waals surface area (Å²) >= 11 is 1.91. The van der Waals surface area contributed by atoms with E-state index in [0.717, 1.165) is 37.6 Å². The fourth-order valence-electron chi connectivity index (χ4n) is 2.13. The Kier molecular flexibility index (Phi) is 3.34. The second-order valence-electron chi connectivity index (χ2n) is 4.15. The lowest BCUT2D eigenvalue weighted by molar-refractivity contribution is -0.137. The van der Waals surface area contributed by atoms with E-state index in [1.807, 2.05) is 11.8 Å². The number of nitrogens with zero attached hydrogens (tertiary/aromatic N) is 1. The normalized spacial score (nSPS) is 33.4. The van der Waals surface area contributed by atoms with Gasteiger partial charge in [0.1, 0.15) is 0 Å². The summed E-state index contributed by atoms with van der Waals surface area (Å²) in [5, 5.41) is 3.31. The summed E-state index contributed by atoms with van der Waals surface area (Å²) < 4.78 is 0. The Morgan fingerprint density at radius 3 is 3.07 bits per heavy atom. The molecule has 0 aliphatic carbocycles. The fraction of sp³-hybridized carbons (Fsp3) is 0.900. The molecule has 2 saturated heterocycles. The average Bonchev–Trinajstić information content (AvgIpc) is 2.70. The van der Waals surface area contributed by atoms with Crippen LogP contribution in [0.25, 0.3) is 0 Å². The molecule has 2 aliphatic heterocycles. The van der Waals surface area contributed by atoms with Crippen LogP contribution in [0.4, 0.5) is 0 Å². The summed E-state index contributed by atoms with van der Waals surface area (Å²) in [4.78, 5) is 14.2. The van der Waals surface area contributed by atoms with Gasteiger partial charge in [-0.05, 0) is 19.1 Å². The smallest absolute Gasteiger partial charge is 0.226 e. The first-order chi connectivity index (χ1) is 6.79. The molecule has 2 heterocycles. The summed E-state index contributed by atoms with van der Waals surface area (Å²) in [6.45, 7) is 4.93. The van der Waals surface area contributed by atoms with Crippen molar-refractivity contribution in [1.29, 1.82) is 0 Å². The van der Waals surface area contributed by atoms with E-state index in [-0.39, 0.29) is 0 Å². The van der Waals surface area contributed by atoms with Crippen LogP contribution >= 0.6 is 11.8 Å². The molecule has 4 heteroatoms. The first-order valence-electron chi connectivity index (χ1n) is 5.38. The van der Waals surface area contributed by atoms with Crippen molar-refractivity contribution >= 4 is 17.7 Å². The fourth-order valence-corrected chi connectivity index (χ4v) is 3.34. The summed E-state index contributed by atoms with van der Waals surface area (Å²) in [5.74, 6) is 2.90. The van der Waals surface area contributed by atoms with Crippen molar-refractivity contribution in [1.82, 2.24) is 10.2 Å². The van der Waals surface area contributed by atoms with Gasteiger partial charge < -0.3 is 10.2 Å². The SMILES string of the molecule is CC1CNCCN1C(=O)C1CCSC1. The molecular weight excluding hydrogens is 196 g/mol. The average molecular weight is 214 g/mol. The van der Waals surface area contributed by atoms with Crippen LogP contribution in [0.15, 0.2) is 0 Å². The van der Waals surface area contributed by atoms with Gasteiger partial charge in [0.2, 0.25) is 5.91 Å². The van der Waals surface area contributed by atoms with Gasteiger partial charge in [0.05, 0.1) is 0 Å². The van der Waals surface area contributed by atoms with E-state index in [1.54, 1.807) is 0 Å². The molecule has 1 N–H and O–H groups in total. The van der Waals surface area contributed by atoms with Crippen LogP contribution in [0.3, 0.4) is 0 Å². The van der Waals surface area contributed by atoms with E-state index in [0.29, 0.717) is 17.9 Å². The number of carbonyl (C=O) groups is 1. The lowest BCUT2D eigenvalue weighted by Gasteiger charge is -2.35. The molecule has 0 radical (unpaired) electrons. The number of thioether (sulfide) groups is 1. The van der Waals surface area contributed by atoms with E-state index in [9.17, 15) is 4.79 Å². The van der Waals surface area contributed by atoms with Gasteiger partial charge in [-0.1, -0.05) is 0 Å². The summed E-state index contributed by atoms with van der Waals surface area (Å²) in [6, 6.07) is 0.377. The van der Waals surface area contributed by atoms with Gasteiger partial charge in [-0.3, -0.25) is 4.79 Å². The van der Waals surface area contributed by atoms with Gasteiger partial charge in [-0.15, -0.1) is 0 Å². The number of hydrogen-bond donors (Lipinski definition) is 1. The summed E-state index contributed by atoms with van der Waals surface area (Å²) in [6.07, 6.45) is 1.08. The Bertz CT molecular complexity index is 216. The Labute approximate surface area is 89.6 Å². The number of hydrogen-bond acceptors (Lipinski definition) is 3. The number of amides is 1. The largest absolute Gasteiger partial charge is 0.337 e. The Hall–Kier alpha value is -0.220. The van der Waals surface area contributed by atoms with Crippen molar-refractivity contribution in [3.05, 3.63) is 0 Å². The quantitative estimate of drug-likeness (QED) is 0.692. The summed E-state index contributed by atoms with van der Waals surface area (Å²) in [5.41, 5.74) is 0. The molecule has 2 fully saturated rings. The van der Waals surface area contributed by atoms with Crippen LogP contribution in [-0.2, 0) is 4.79 Å². The zero-order valence-corrected chi connectivity index (χ0v) is 9.48. The van der Waals surface area contributed by atoms with Crippen LogP contribution in [0, 0.1) is 5.92 Å². The minimum Gasteiger partial charge on any atom is -0.337 e. The third kappa shape index (κ3) is 2.06. The molecule has 2 unspecified atom stereocenters. The standard InChI is InChI=1S/C10H18N2OS/c1-8-6-11-3-4-12(8)10(13)9-2-5-14-7-9/h8-9,11H,2-7H2,1H3. The molecule has 2 atom stereocenters. The molecule has 2 aliphatic rings. The monoisotopic (exact) mass is 214 g/mol. The Morgan fingerprint density at radius 1 is 1.57 bits per heavy atom. The van der Waals surface area contributed by atoms with E-state index >= 15 is 0 Å². The Balaban J connectivity index is 1.94. The highest BCUT2D eigenvalue weighted by molar-refractivity contribution is 7.99. The number of rotatable bonds is 1. The third-order valence-electron chi connectivity index (χ3n) is 3.06. The molecule has 1 amide bonds. The highest BCUT2D eigenvalue weighted by atomic mass is 32.2. The lowest BCUT2D eigenvalue weighted by atomic mass is 10.1. The molecule has 0 bridgehead atoms. The molecule has 0 saturated carbocycles. The molecule has 2 rings (SSSR count). The van der Waals surface area contributed by atoms with Crippen LogP contribution in [-0.4, -0.2) is 48.0 Å². The maximum atomic E-state index is 12.1. The van der Waals surface area contributed by atoms with Gasteiger partial charge in [0.25, 0.3) is 0 Å². The molecular formula is C10H18N2OS. The van der Waals surface area contributed by atoms with Gasteiger partial charge in [-0.2, -0.15) is 11.8 Å². The molecule has 0 spiro atoms. The van der Waals surface area contributed by atoms with Crippen LogP contribution < -0.4 is 5.32 Å². The van der Waals surface area contributed by atoms with E-state index in [4.69, 9.17) is 0 Å². The maximum absolute atomic E-state index is 12.1. The van der Waals surface area contributed by atoms with Crippen molar-refractivity contribution in [2.75, 3.05) is 31.1 Å². The van der Waals surface area contributed by atoms with E-state index in [2.05, 4.69) is 17.1 Å². The zero-order valence-electron chi connectivity index (χ0n) is 8.66. The zero-order chi connectivity index (χ0) is 9.97. The number of piperazine rings is 1. The van der Waals surface area contributed by atoms with Gasteiger partial charge in [0, 0.05) is 37.3 Å². The van der Waals surface area contributed by atoms with E-state index < -0.39 is 0 Å². The highest BCUT2D eigenvalue weighted by Crippen LogP contribution is 2.25. The van der Waals surface area contributed by atoms with Crippen LogP contribution in [0.1, 0.15) is 13.3 Å². The first kappa shape index (κ1) is 10.3. The molecule has 0 aromatic carbocycles. The predicted octanol–water partition coefficient (Wildman–Crippen LogP) is 0.560. The van der Waals surface area contributed by atoms with Gasteiger partial charge >= 0.3 is 0 Å². The molecule has 0 aromatic rings. The van der Waals surface area contributed by atoms with Crippen molar-refractivity contribution in [2.45, 2.75) is 19.4 Å². The lowest BCUT2D eigenvalue weighted by Crippen LogP contribution is -2.53. The summed E-state index contributed by atoms with van der Waals surface area (Å²) in [7, 11) is 0. The number of nitrogens with one attached hydrogen (secondary N) is 1. The van der Waals surface area contributed by atoms with Crippen molar-refractivity contribution < 1.29 is 4.79 Å².